The first-order valence-electron chi connectivity index (χ1n) is 8.72. The van der Waals surface area contributed by atoms with Crippen molar-refractivity contribution < 1.29 is 0 Å². The summed E-state index contributed by atoms with van der Waals surface area (Å²) in [6.07, 6.45) is 5.09. The molecule has 3 rings (SSSR count). The highest BCUT2D eigenvalue weighted by atomic mass is 15.2. The van der Waals surface area contributed by atoms with Crippen molar-refractivity contribution in [1.82, 2.24) is 4.90 Å². The van der Waals surface area contributed by atoms with Gasteiger partial charge in [-0.1, -0.05) is 74.0 Å². The number of hydrogen-bond acceptors (Lipinski definition) is 1. The summed E-state index contributed by atoms with van der Waals surface area (Å²) >= 11 is 0. The molecule has 0 aliphatic carbocycles. The molecule has 0 radical (unpaired) electrons. The van der Waals surface area contributed by atoms with Gasteiger partial charge in [-0.2, -0.15) is 0 Å². The largest absolute Gasteiger partial charge is 0.296 e. The lowest BCUT2D eigenvalue weighted by atomic mass is 9.88. The van der Waals surface area contributed by atoms with Gasteiger partial charge in [0.15, 0.2) is 0 Å². The first-order chi connectivity index (χ1) is 10.9. The Labute approximate surface area is 135 Å². The molecule has 0 saturated carbocycles. The lowest BCUT2D eigenvalue weighted by Crippen LogP contribution is -2.36. The molecule has 2 aromatic rings. The summed E-state index contributed by atoms with van der Waals surface area (Å²) < 4.78 is 0. The van der Waals surface area contributed by atoms with Gasteiger partial charge in [0, 0.05) is 6.04 Å². The van der Waals surface area contributed by atoms with Crippen molar-refractivity contribution in [3.8, 4) is 0 Å². The molecule has 1 heterocycles. The molecule has 1 unspecified atom stereocenters. The van der Waals surface area contributed by atoms with Gasteiger partial charge in [0.05, 0.1) is 0 Å². The van der Waals surface area contributed by atoms with Crippen LogP contribution in [0.25, 0.3) is 0 Å². The van der Waals surface area contributed by atoms with E-state index in [9.17, 15) is 0 Å². The van der Waals surface area contributed by atoms with Crippen LogP contribution in [-0.2, 0) is 0 Å². The summed E-state index contributed by atoms with van der Waals surface area (Å²) in [7, 11) is 0. The van der Waals surface area contributed by atoms with Gasteiger partial charge in [-0.3, -0.25) is 4.90 Å². The Bertz CT molecular complexity index is 541. The molecule has 0 amide bonds. The molecule has 1 aliphatic heterocycles. The average molecular weight is 293 g/mol. The topological polar surface area (TPSA) is 3.24 Å². The van der Waals surface area contributed by atoms with Crippen LogP contribution in [-0.4, -0.2) is 18.0 Å². The Kier molecular flexibility index (Phi) is 5.29. The van der Waals surface area contributed by atoms with E-state index in [-0.39, 0.29) is 0 Å². The normalized spacial score (nSPS) is 18.2. The van der Waals surface area contributed by atoms with E-state index in [2.05, 4.69) is 72.5 Å². The fraction of sp³-hybridized carbons (Fsp3) is 0.429. The van der Waals surface area contributed by atoms with Crippen LogP contribution >= 0.6 is 0 Å². The molecule has 1 saturated heterocycles. The predicted molar refractivity (Wildman–Crippen MR) is 94.1 cm³/mol. The maximum atomic E-state index is 2.71. The highest BCUT2D eigenvalue weighted by Crippen LogP contribution is 2.34. The molecule has 0 spiro atoms. The van der Waals surface area contributed by atoms with E-state index in [1.165, 1.54) is 49.9 Å². The summed E-state index contributed by atoms with van der Waals surface area (Å²) in [6.45, 7) is 4.74. The van der Waals surface area contributed by atoms with Crippen LogP contribution < -0.4 is 0 Å². The Morgan fingerprint density at radius 3 is 2.09 bits per heavy atom. The average Bonchev–Trinajstić information content (AvgIpc) is 2.61. The zero-order valence-corrected chi connectivity index (χ0v) is 13.6. The van der Waals surface area contributed by atoms with Gasteiger partial charge in [-0.15, -0.1) is 0 Å². The molecule has 0 N–H and O–H groups in total. The van der Waals surface area contributed by atoms with E-state index >= 15 is 0 Å². The number of piperidine rings is 1. The number of rotatable bonds is 5. The third-order valence-corrected chi connectivity index (χ3v) is 4.99. The smallest absolute Gasteiger partial charge is 0.0348 e. The van der Waals surface area contributed by atoms with Gasteiger partial charge in [-0.05, 0) is 49.4 Å². The van der Waals surface area contributed by atoms with Crippen molar-refractivity contribution in [2.45, 2.75) is 44.6 Å². The van der Waals surface area contributed by atoms with E-state index in [4.69, 9.17) is 0 Å². The summed E-state index contributed by atoms with van der Waals surface area (Å²) in [5, 5.41) is 0. The second-order valence-corrected chi connectivity index (χ2v) is 6.44. The molecule has 1 fully saturated rings. The highest BCUT2D eigenvalue weighted by Gasteiger charge is 2.26. The molecule has 0 aromatic heterocycles. The monoisotopic (exact) mass is 293 g/mol. The molecule has 2 aromatic carbocycles. The highest BCUT2D eigenvalue weighted by molar-refractivity contribution is 5.22. The van der Waals surface area contributed by atoms with Gasteiger partial charge in [0.25, 0.3) is 0 Å². The van der Waals surface area contributed by atoms with E-state index in [0.717, 1.165) is 5.92 Å². The first-order valence-corrected chi connectivity index (χ1v) is 8.72. The minimum Gasteiger partial charge on any atom is -0.296 e. The summed E-state index contributed by atoms with van der Waals surface area (Å²) in [4.78, 5) is 2.71. The van der Waals surface area contributed by atoms with Crippen LogP contribution in [0.5, 0.6) is 0 Å². The van der Waals surface area contributed by atoms with Gasteiger partial charge < -0.3 is 0 Å². The predicted octanol–water partition coefficient (Wildman–Crippen LogP) is 5.41. The van der Waals surface area contributed by atoms with Crippen LogP contribution in [0.4, 0.5) is 0 Å². The van der Waals surface area contributed by atoms with E-state index in [1.54, 1.807) is 0 Å². The minimum absolute atomic E-state index is 0.600. The second kappa shape index (κ2) is 7.60. The Balaban J connectivity index is 1.66. The molecular formula is C21H27N. The lowest BCUT2D eigenvalue weighted by molar-refractivity contribution is 0.144. The third kappa shape index (κ3) is 3.59. The van der Waals surface area contributed by atoms with Crippen LogP contribution in [0, 0.1) is 0 Å². The van der Waals surface area contributed by atoms with Crippen molar-refractivity contribution >= 4 is 0 Å². The minimum atomic E-state index is 0.600. The zero-order valence-electron chi connectivity index (χ0n) is 13.6. The Morgan fingerprint density at radius 2 is 1.50 bits per heavy atom. The first kappa shape index (κ1) is 15.3. The maximum Gasteiger partial charge on any atom is 0.0348 e. The fourth-order valence-corrected chi connectivity index (χ4v) is 3.78. The maximum absolute atomic E-state index is 2.71. The third-order valence-electron chi connectivity index (χ3n) is 4.99. The van der Waals surface area contributed by atoms with Crippen molar-refractivity contribution in [3.63, 3.8) is 0 Å². The molecule has 0 bridgehead atoms. The number of hydrogen-bond donors (Lipinski definition) is 0. The van der Waals surface area contributed by atoms with Gasteiger partial charge in [0.2, 0.25) is 0 Å². The number of likely N-dealkylation sites (tertiary alicyclic amines) is 1. The quantitative estimate of drug-likeness (QED) is 0.712. The fourth-order valence-electron chi connectivity index (χ4n) is 3.78. The molecular weight excluding hydrogens is 266 g/mol. The molecule has 1 aliphatic rings. The van der Waals surface area contributed by atoms with E-state index < -0.39 is 0 Å². The van der Waals surface area contributed by atoms with Gasteiger partial charge in [0.1, 0.15) is 0 Å². The molecule has 1 heteroatoms. The van der Waals surface area contributed by atoms with Crippen LogP contribution in [0.1, 0.15) is 55.7 Å². The van der Waals surface area contributed by atoms with Gasteiger partial charge in [-0.25, -0.2) is 0 Å². The molecule has 22 heavy (non-hydrogen) atoms. The zero-order chi connectivity index (χ0) is 15.2. The second-order valence-electron chi connectivity index (χ2n) is 6.44. The van der Waals surface area contributed by atoms with E-state index in [1.807, 2.05) is 0 Å². The van der Waals surface area contributed by atoms with Crippen molar-refractivity contribution in [1.29, 1.82) is 0 Å². The van der Waals surface area contributed by atoms with Crippen molar-refractivity contribution in [2.24, 2.45) is 0 Å². The van der Waals surface area contributed by atoms with Gasteiger partial charge >= 0.3 is 0 Å². The molecule has 1 atom stereocenters. The number of nitrogens with zero attached hydrogens (tertiary/aromatic N) is 1. The van der Waals surface area contributed by atoms with Crippen LogP contribution in [0.3, 0.4) is 0 Å². The van der Waals surface area contributed by atoms with Crippen LogP contribution in [0.2, 0.25) is 0 Å². The Morgan fingerprint density at radius 1 is 0.909 bits per heavy atom. The Hall–Kier alpha value is -1.60. The number of benzene rings is 2. The van der Waals surface area contributed by atoms with Crippen molar-refractivity contribution in [2.75, 3.05) is 13.1 Å². The lowest BCUT2D eigenvalue weighted by Gasteiger charge is -2.38. The molecule has 116 valence electrons. The van der Waals surface area contributed by atoms with Crippen molar-refractivity contribution in [3.05, 3.63) is 71.8 Å². The van der Waals surface area contributed by atoms with Crippen LogP contribution in [0.15, 0.2) is 60.7 Å². The molecule has 1 nitrogen and oxygen atoms in total. The summed E-state index contributed by atoms with van der Waals surface area (Å²) in [5.74, 6) is 0.746. The summed E-state index contributed by atoms with van der Waals surface area (Å²) in [5.41, 5.74) is 3.01. The standard InChI is InChI=1S/C21H27N/c1-2-9-21(20-12-7-4-8-13-20)22-16-14-19(15-17-22)18-10-5-3-6-11-18/h3-8,10-13,19,21H,2,9,14-17H2,1H3. The van der Waals surface area contributed by atoms with E-state index in [0.29, 0.717) is 6.04 Å². The SMILES string of the molecule is CCCC(c1ccccc1)N1CCC(c2ccccc2)CC1. The summed E-state index contributed by atoms with van der Waals surface area (Å²) in [6, 6.07) is 22.7.